The molecule has 0 bridgehead atoms. The normalized spacial score (nSPS) is 11.2. The van der Waals surface area contributed by atoms with E-state index in [1.807, 2.05) is 0 Å². The number of nitrogens with one attached hydrogen (secondary N) is 1. The Bertz CT molecular complexity index is 1140. The first-order valence-electron chi connectivity index (χ1n) is 10.7. The van der Waals surface area contributed by atoms with Gasteiger partial charge in [0.1, 0.15) is 0 Å². The van der Waals surface area contributed by atoms with Gasteiger partial charge in [0, 0.05) is 39.5 Å². The maximum absolute atomic E-state index is 6.04. The minimum atomic E-state index is 0.198. The molecule has 0 aliphatic heterocycles. The van der Waals surface area contributed by atoms with E-state index in [4.69, 9.17) is 19.6 Å². The number of nitrogen functional groups attached to an aromatic ring is 1. The Labute approximate surface area is 191 Å². The summed E-state index contributed by atoms with van der Waals surface area (Å²) in [6, 6.07) is 12.0. The van der Waals surface area contributed by atoms with Crippen LogP contribution in [0.4, 0.5) is 17.6 Å². The molecule has 0 aliphatic carbocycles. The first kappa shape index (κ1) is 22.5. The van der Waals surface area contributed by atoms with Gasteiger partial charge in [-0.3, -0.25) is 0 Å². The molecular weight excluding hydrogens is 424 g/mol. The molecule has 174 valence electrons. The minimum Gasteiger partial charge on any atom is -0.461 e. The van der Waals surface area contributed by atoms with Gasteiger partial charge in [0.05, 0.1) is 19.5 Å². The van der Waals surface area contributed by atoms with E-state index >= 15 is 0 Å². The van der Waals surface area contributed by atoms with Gasteiger partial charge in [0.2, 0.25) is 17.7 Å². The number of ether oxygens (including phenoxy) is 2. The Morgan fingerprint density at radius 2 is 1.79 bits per heavy atom. The van der Waals surface area contributed by atoms with Gasteiger partial charge in [0.15, 0.2) is 5.76 Å². The predicted molar refractivity (Wildman–Crippen MR) is 125 cm³/mol. The lowest BCUT2D eigenvalue weighted by Crippen LogP contribution is -2.30. The van der Waals surface area contributed by atoms with Crippen LogP contribution in [0.2, 0.25) is 0 Å². The first-order valence-corrected chi connectivity index (χ1v) is 10.7. The third-order valence-corrected chi connectivity index (χ3v) is 5.10. The van der Waals surface area contributed by atoms with Crippen LogP contribution in [0.3, 0.4) is 0 Å². The van der Waals surface area contributed by atoms with E-state index in [0.29, 0.717) is 43.1 Å². The van der Waals surface area contributed by atoms with Gasteiger partial charge in [-0.25, -0.2) is 0 Å². The van der Waals surface area contributed by atoms with Gasteiger partial charge < -0.3 is 29.8 Å². The zero-order chi connectivity index (χ0) is 23.0. The number of hydrogen-bond donors (Lipinski definition) is 2. The topological polar surface area (TPSA) is 129 Å². The molecule has 3 aromatic heterocycles. The molecule has 0 fully saturated rings. The number of fused-ring (bicyclic) bond motifs is 1. The van der Waals surface area contributed by atoms with Gasteiger partial charge in [-0.1, -0.05) is 12.1 Å². The predicted octanol–water partition coefficient (Wildman–Crippen LogP) is 2.12. The SMILES string of the molecule is COCCN(CCOC)c1ccc(CCNc2nc(N)n3nc(-c4ccco4)nc3n2)cc1. The Morgan fingerprint density at radius 1 is 1.03 bits per heavy atom. The number of rotatable bonds is 12. The van der Waals surface area contributed by atoms with E-state index in [0.717, 1.165) is 25.2 Å². The van der Waals surface area contributed by atoms with Gasteiger partial charge >= 0.3 is 0 Å². The van der Waals surface area contributed by atoms with Crippen LogP contribution in [0.1, 0.15) is 5.56 Å². The molecule has 11 heteroatoms. The first-order chi connectivity index (χ1) is 16.2. The number of furan rings is 1. The number of nitrogens with two attached hydrogens (primary N) is 1. The second-order valence-corrected chi connectivity index (χ2v) is 7.35. The summed E-state index contributed by atoms with van der Waals surface area (Å²) in [5, 5.41) is 7.51. The fourth-order valence-electron chi connectivity index (χ4n) is 3.36. The summed E-state index contributed by atoms with van der Waals surface area (Å²) in [5.41, 5.74) is 8.37. The maximum atomic E-state index is 6.04. The Hall–Kier alpha value is -3.70. The molecule has 0 spiro atoms. The quantitative estimate of drug-likeness (QED) is 0.330. The molecule has 0 radical (unpaired) electrons. The van der Waals surface area contributed by atoms with Crippen LogP contribution >= 0.6 is 0 Å². The Morgan fingerprint density at radius 3 is 2.45 bits per heavy atom. The van der Waals surface area contributed by atoms with E-state index in [-0.39, 0.29) is 5.95 Å². The molecule has 0 atom stereocenters. The summed E-state index contributed by atoms with van der Waals surface area (Å²) >= 11 is 0. The lowest BCUT2D eigenvalue weighted by molar-refractivity contribution is 0.190. The van der Waals surface area contributed by atoms with Crippen LogP contribution in [-0.2, 0) is 15.9 Å². The van der Waals surface area contributed by atoms with Crippen LogP contribution in [0.5, 0.6) is 0 Å². The van der Waals surface area contributed by atoms with Gasteiger partial charge in [-0.05, 0) is 36.2 Å². The summed E-state index contributed by atoms with van der Waals surface area (Å²) in [5.74, 6) is 1.90. The molecule has 0 saturated carbocycles. The van der Waals surface area contributed by atoms with Crippen molar-refractivity contribution in [1.82, 2.24) is 24.6 Å². The van der Waals surface area contributed by atoms with Crippen LogP contribution in [0, 0.1) is 0 Å². The number of benzene rings is 1. The average molecular weight is 453 g/mol. The summed E-state index contributed by atoms with van der Waals surface area (Å²) in [6.07, 6.45) is 2.36. The summed E-state index contributed by atoms with van der Waals surface area (Å²) in [6.45, 7) is 3.60. The standard InChI is InChI=1S/C22H28N8O3/c1-31-14-11-29(12-15-32-2)17-7-5-16(6-8-17)9-10-24-21-26-20(23)30-22(27-21)25-19(28-30)18-4-3-13-33-18/h3-8,13H,9-12,14-15H2,1-2H3,(H3,23,24,25,26,27,28). The van der Waals surface area contributed by atoms with Crippen molar-refractivity contribution in [2.24, 2.45) is 0 Å². The van der Waals surface area contributed by atoms with Crippen molar-refractivity contribution in [3.05, 3.63) is 48.2 Å². The molecule has 33 heavy (non-hydrogen) atoms. The molecule has 0 aliphatic rings. The monoisotopic (exact) mass is 452 g/mol. The van der Waals surface area contributed by atoms with Crippen molar-refractivity contribution in [1.29, 1.82) is 0 Å². The van der Waals surface area contributed by atoms with E-state index in [1.54, 1.807) is 32.6 Å². The molecule has 3 heterocycles. The smallest absolute Gasteiger partial charge is 0.259 e. The van der Waals surface area contributed by atoms with Crippen molar-refractivity contribution < 1.29 is 13.9 Å². The van der Waals surface area contributed by atoms with Crippen molar-refractivity contribution >= 4 is 23.4 Å². The number of aromatic nitrogens is 5. The molecule has 4 rings (SSSR count). The van der Waals surface area contributed by atoms with Crippen molar-refractivity contribution in [2.75, 3.05) is 63.0 Å². The molecular formula is C22H28N8O3. The maximum Gasteiger partial charge on any atom is 0.259 e. The summed E-state index contributed by atoms with van der Waals surface area (Å²) < 4.78 is 17.2. The van der Waals surface area contributed by atoms with Crippen LogP contribution in [0.15, 0.2) is 47.1 Å². The van der Waals surface area contributed by atoms with Crippen molar-refractivity contribution in [3.63, 3.8) is 0 Å². The fourth-order valence-corrected chi connectivity index (χ4v) is 3.36. The molecule has 0 amide bonds. The molecule has 0 unspecified atom stereocenters. The van der Waals surface area contributed by atoms with Crippen molar-refractivity contribution in [2.45, 2.75) is 6.42 Å². The molecule has 11 nitrogen and oxygen atoms in total. The number of nitrogens with zero attached hydrogens (tertiary/aromatic N) is 6. The highest BCUT2D eigenvalue weighted by atomic mass is 16.5. The average Bonchev–Trinajstić information content (AvgIpc) is 3.50. The van der Waals surface area contributed by atoms with Gasteiger partial charge in [-0.2, -0.15) is 19.5 Å². The van der Waals surface area contributed by atoms with Crippen LogP contribution in [-0.4, -0.2) is 71.6 Å². The highest BCUT2D eigenvalue weighted by Crippen LogP contribution is 2.18. The third-order valence-electron chi connectivity index (χ3n) is 5.10. The second-order valence-electron chi connectivity index (χ2n) is 7.35. The van der Waals surface area contributed by atoms with E-state index < -0.39 is 0 Å². The third kappa shape index (κ3) is 5.57. The Balaban J connectivity index is 1.36. The largest absolute Gasteiger partial charge is 0.461 e. The molecule has 4 aromatic rings. The number of methoxy groups -OCH3 is 2. The number of hydrogen-bond acceptors (Lipinski definition) is 10. The zero-order valence-electron chi connectivity index (χ0n) is 18.8. The van der Waals surface area contributed by atoms with Crippen LogP contribution < -0.4 is 16.0 Å². The highest BCUT2D eigenvalue weighted by molar-refractivity contribution is 5.53. The fraction of sp³-hybridized carbons (Fsp3) is 0.364. The molecule has 1 aromatic carbocycles. The molecule has 0 saturated heterocycles. The zero-order valence-corrected chi connectivity index (χ0v) is 18.8. The highest BCUT2D eigenvalue weighted by Gasteiger charge is 2.13. The lowest BCUT2D eigenvalue weighted by atomic mass is 10.1. The number of anilines is 3. The second kappa shape index (κ2) is 10.7. The Kier molecular flexibility index (Phi) is 7.33. The van der Waals surface area contributed by atoms with Gasteiger partial charge in [-0.15, -0.1) is 5.10 Å². The molecule has 3 N–H and O–H groups in total. The summed E-state index contributed by atoms with van der Waals surface area (Å²) in [4.78, 5) is 15.3. The van der Waals surface area contributed by atoms with Gasteiger partial charge in [0.25, 0.3) is 5.78 Å². The van der Waals surface area contributed by atoms with E-state index in [2.05, 4.69) is 54.5 Å². The van der Waals surface area contributed by atoms with Crippen molar-refractivity contribution in [3.8, 4) is 11.6 Å². The van der Waals surface area contributed by atoms with E-state index in [1.165, 1.54) is 10.1 Å². The lowest BCUT2D eigenvalue weighted by Gasteiger charge is -2.24. The summed E-state index contributed by atoms with van der Waals surface area (Å²) in [7, 11) is 3.42. The van der Waals surface area contributed by atoms with Crippen LogP contribution in [0.25, 0.3) is 17.4 Å². The van der Waals surface area contributed by atoms with E-state index in [9.17, 15) is 0 Å². The minimum absolute atomic E-state index is 0.198.